The van der Waals surface area contributed by atoms with Gasteiger partial charge >= 0.3 is 0 Å². The van der Waals surface area contributed by atoms with Crippen molar-refractivity contribution in [2.24, 2.45) is 0 Å². The molecule has 7 heteroatoms. The summed E-state index contributed by atoms with van der Waals surface area (Å²) in [5.41, 5.74) is 0.936. The molecule has 1 aromatic carbocycles. The summed E-state index contributed by atoms with van der Waals surface area (Å²) in [5, 5.41) is 5.08. The summed E-state index contributed by atoms with van der Waals surface area (Å²) in [7, 11) is 0. The summed E-state index contributed by atoms with van der Waals surface area (Å²) in [6.07, 6.45) is 1.61. The van der Waals surface area contributed by atoms with Gasteiger partial charge < -0.3 is 0 Å². The third-order valence-corrected chi connectivity index (χ3v) is 3.83. The van der Waals surface area contributed by atoms with Crippen molar-refractivity contribution in [2.75, 3.05) is 0 Å². The largest absolute Gasteiger partial charge is 0.244 e. The standard InChI is InChI=1S/C16H13Cl2FN4/c1-9(2)23-16(10-6-7-13(18)20-8-10)21-15(22-23)14-11(17)4-3-5-12(14)19/h3-9H,1-2H3. The normalized spacial score (nSPS) is 11.2. The minimum Gasteiger partial charge on any atom is -0.244 e. The fourth-order valence-electron chi connectivity index (χ4n) is 2.21. The quantitative estimate of drug-likeness (QED) is 0.622. The lowest BCUT2D eigenvalue weighted by Gasteiger charge is -2.08. The Morgan fingerprint density at radius 2 is 1.91 bits per heavy atom. The molecule has 0 amide bonds. The monoisotopic (exact) mass is 350 g/mol. The van der Waals surface area contributed by atoms with Gasteiger partial charge in [0, 0.05) is 17.8 Å². The second-order valence-corrected chi connectivity index (χ2v) is 6.06. The van der Waals surface area contributed by atoms with Crippen LogP contribution in [0.1, 0.15) is 19.9 Å². The molecule has 0 aliphatic heterocycles. The van der Waals surface area contributed by atoms with Crippen LogP contribution in [0, 0.1) is 5.82 Å². The Kier molecular flexibility index (Phi) is 4.33. The van der Waals surface area contributed by atoms with Crippen LogP contribution >= 0.6 is 23.2 Å². The van der Waals surface area contributed by atoms with E-state index in [1.807, 2.05) is 13.8 Å². The number of pyridine rings is 1. The van der Waals surface area contributed by atoms with E-state index in [2.05, 4.69) is 15.1 Å². The maximum atomic E-state index is 14.1. The molecule has 0 aliphatic rings. The zero-order valence-corrected chi connectivity index (χ0v) is 14.0. The number of benzene rings is 1. The van der Waals surface area contributed by atoms with Crippen molar-refractivity contribution >= 4 is 23.2 Å². The molecule has 0 bridgehead atoms. The average molecular weight is 351 g/mol. The molecule has 0 spiro atoms. The van der Waals surface area contributed by atoms with Crippen LogP contribution in [0.25, 0.3) is 22.8 Å². The summed E-state index contributed by atoms with van der Waals surface area (Å²) >= 11 is 11.9. The highest BCUT2D eigenvalue weighted by Crippen LogP contribution is 2.31. The lowest BCUT2D eigenvalue weighted by molar-refractivity contribution is 0.538. The molecule has 3 rings (SSSR count). The van der Waals surface area contributed by atoms with Crippen LogP contribution in [0.2, 0.25) is 10.2 Å². The van der Waals surface area contributed by atoms with E-state index < -0.39 is 5.82 Å². The molecule has 3 aromatic rings. The van der Waals surface area contributed by atoms with Gasteiger partial charge in [-0.3, -0.25) is 0 Å². The van der Waals surface area contributed by atoms with Gasteiger partial charge in [0.25, 0.3) is 0 Å². The Morgan fingerprint density at radius 3 is 2.52 bits per heavy atom. The van der Waals surface area contributed by atoms with E-state index >= 15 is 0 Å². The number of rotatable bonds is 3. The minimum atomic E-state index is -0.459. The van der Waals surface area contributed by atoms with Crippen LogP contribution in [-0.2, 0) is 0 Å². The predicted molar refractivity (Wildman–Crippen MR) is 89.1 cm³/mol. The first-order valence-corrected chi connectivity index (χ1v) is 7.76. The second kappa shape index (κ2) is 6.26. The summed E-state index contributed by atoms with van der Waals surface area (Å²) in [4.78, 5) is 8.52. The Morgan fingerprint density at radius 1 is 1.13 bits per heavy atom. The van der Waals surface area contributed by atoms with Gasteiger partial charge in [-0.1, -0.05) is 29.3 Å². The van der Waals surface area contributed by atoms with Crippen LogP contribution in [-0.4, -0.2) is 19.7 Å². The van der Waals surface area contributed by atoms with E-state index in [1.54, 1.807) is 35.1 Å². The second-order valence-electron chi connectivity index (χ2n) is 5.26. The Balaban J connectivity index is 2.18. The van der Waals surface area contributed by atoms with Gasteiger partial charge in [-0.2, -0.15) is 0 Å². The van der Waals surface area contributed by atoms with Crippen molar-refractivity contribution in [3.05, 3.63) is 52.5 Å². The molecule has 0 atom stereocenters. The lowest BCUT2D eigenvalue weighted by atomic mass is 10.2. The number of aromatic nitrogens is 4. The number of hydrogen-bond donors (Lipinski definition) is 0. The molecule has 2 aromatic heterocycles. The minimum absolute atomic E-state index is 0.0347. The van der Waals surface area contributed by atoms with E-state index in [0.717, 1.165) is 5.56 Å². The Labute approximate surface area is 142 Å². The van der Waals surface area contributed by atoms with Crippen molar-refractivity contribution in [2.45, 2.75) is 19.9 Å². The maximum absolute atomic E-state index is 14.1. The topological polar surface area (TPSA) is 43.6 Å². The predicted octanol–water partition coefficient (Wildman–Crippen LogP) is 5.03. The number of nitrogens with zero attached hydrogens (tertiary/aromatic N) is 4. The average Bonchev–Trinajstić information content (AvgIpc) is 2.93. The molecule has 0 unspecified atom stereocenters. The van der Waals surface area contributed by atoms with Gasteiger partial charge in [-0.25, -0.2) is 19.0 Å². The summed E-state index contributed by atoms with van der Waals surface area (Å²) in [6.45, 7) is 3.93. The highest BCUT2D eigenvalue weighted by atomic mass is 35.5. The van der Waals surface area contributed by atoms with Crippen molar-refractivity contribution in [1.29, 1.82) is 0 Å². The molecule has 118 valence electrons. The van der Waals surface area contributed by atoms with Gasteiger partial charge in [0.15, 0.2) is 11.6 Å². The van der Waals surface area contributed by atoms with Gasteiger partial charge in [0.2, 0.25) is 0 Å². The molecule has 4 nitrogen and oxygen atoms in total. The molecule has 0 N–H and O–H groups in total. The number of halogens is 3. The van der Waals surface area contributed by atoms with Gasteiger partial charge in [0.05, 0.1) is 10.6 Å². The SMILES string of the molecule is CC(C)n1nc(-c2c(F)cccc2Cl)nc1-c1ccc(Cl)nc1. The highest BCUT2D eigenvalue weighted by Gasteiger charge is 2.20. The van der Waals surface area contributed by atoms with Gasteiger partial charge in [-0.15, -0.1) is 5.10 Å². The van der Waals surface area contributed by atoms with Crippen LogP contribution < -0.4 is 0 Å². The smallest absolute Gasteiger partial charge is 0.186 e. The van der Waals surface area contributed by atoms with E-state index in [4.69, 9.17) is 23.2 Å². The Bertz CT molecular complexity index is 824. The van der Waals surface area contributed by atoms with Crippen molar-refractivity contribution in [1.82, 2.24) is 19.7 Å². The molecule has 2 heterocycles. The molecule has 0 fully saturated rings. The number of hydrogen-bond acceptors (Lipinski definition) is 3. The molecule has 23 heavy (non-hydrogen) atoms. The molecule has 0 aliphatic carbocycles. The van der Waals surface area contributed by atoms with E-state index in [9.17, 15) is 4.39 Å². The first-order chi connectivity index (χ1) is 11.0. The fraction of sp³-hybridized carbons (Fsp3) is 0.188. The molecular formula is C16H13Cl2FN4. The third-order valence-electron chi connectivity index (χ3n) is 3.29. The van der Waals surface area contributed by atoms with Crippen molar-refractivity contribution in [3.8, 4) is 22.8 Å². The zero-order valence-electron chi connectivity index (χ0n) is 12.5. The van der Waals surface area contributed by atoms with Crippen molar-refractivity contribution < 1.29 is 4.39 Å². The maximum Gasteiger partial charge on any atom is 0.186 e. The van der Waals surface area contributed by atoms with Gasteiger partial charge in [-0.05, 0) is 38.1 Å². The van der Waals surface area contributed by atoms with E-state index in [0.29, 0.717) is 11.0 Å². The molecule has 0 saturated heterocycles. The van der Waals surface area contributed by atoms with E-state index in [-0.39, 0.29) is 22.5 Å². The molecular weight excluding hydrogens is 338 g/mol. The molecule has 0 saturated carbocycles. The van der Waals surface area contributed by atoms with Crippen LogP contribution in [0.3, 0.4) is 0 Å². The van der Waals surface area contributed by atoms with E-state index in [1.165, 1.54) is 6.07 Å². The zero-order chi connectivity index (χ0) is 16.6. The fourth-order valence-corrected chi connectivity index (χ4v) is 2.56. The summed E-state index contributed by atoms with van der Waals surface area (Å²) in [5.74, 6) is 0.365. The molecule has 0 radical (unpaired) electrons. The summed E-state index contributed by atoms with van der Waals surface area (Å²) < 4.78 is 15.8. The van der Waals surface area contributed by atoms with Crippen LogP contribution in [0.4, 0.5) is 4.39 Å². The Hall–Kier alpha value is -1.98. The first kappa shape index (κ1) is 15.9. The third kappa shape index (κ3) is 3.07. The van der Waals surface area contributed by atoms with Crippen molar-refractivity contribution in [3.63, 3.8) is 0 Å². The highest BCUT2D eigenvalue weighted by molar-refractivity contribution is 6.33. The van der Waals surface area contributed by atoms with Gasteiger partial charge in [0.1, 0.15) is 11.0 Å². The first-order valence-electron chi connectivity index (χ1n) is 7.00. The lowest BCUT2D eigenvalue weighted by Crippen LogP contribution is -2.05. The van der Waals surface area contributed by atoms with Crippen LogP contribution in [0.5, 0.6) is 0 Å². The van der Waals surface area contributed by atoms with Crippen LogP contribution in [0.15, 0.2) is 36.5 Å². The summed E-state index contributed by atoms with van der Waals surface area (Å²) in [6, 6.07) is 7.99.